The van der Waals surface area contributed by atoms with Gasteiger partial charge in [0, 0.05) is 5.56 Å². The predicted octanol–water partition coefficient (Wildman–Crippen LogP) is 3.31. The Balaban J connectivity index is 2.21. The number of anilines is 1. The lowest BCUT2D eigenvalue weighted by Crippen LogP contribution is -2.02. The Bertz CT molecular complexity index is 731. The van der Waals surface area contributed by atoms with Gasteiger partial charge in [-0.2, -0.15) is 5.10 Å². The number of methoxy groups -OCH3 is 1. The summed E-state index contributed by atoms with van der Waals surface area (Å²) in [7, 11) is 1.46. The van der Waals surface area contributed by atoms with Gasteiger partial charge in [0.25, 0.3) is 0 Å². The summed E-state index contributed by atoms with van der Waals surface area (Å²) in [5.74, 6) is -0.729. The number of carbonyl (C=O) groups is 1. The quantitative estimate of drug-likeness (QED) is 0.559. The molecule has 7 heteroatoms. The molecule has 0 aliphatic rings. The molecule has 0 aliphatic heterocycles. The Morgan fingerprint density at radius 2 is 2.05 bits per heavy atom. The van der Waals surface area contributed by atoms with Gasteiger partial charge in [0.15, 0.2) is 11.5 Å². The van der Waals surface area contributed by atoms with Gasteiger partial charge in [-0.25, -0.2) is 4.79 Å². The smallest absolute Gasteiger partial charge is 0.337 e. The average Bonchev–Trinajstić information content (AvgIpc) is 2.52. The minimum Gasteiger partial charge on any atom is -0.503 e. The lowest BCUT2D eigenvalue weighted by molar-refractivity contribution is 0.0698. The Kier molecular flexibility index (Phi) is 5.00. The normalized spacial score (nSPS) is 10.6. The van der Waals surface area contributed by atoms with E-state index >= 15 is 0 Å². The maximum atomic E-state index is 11.1. The van der Waals surface area contributed by atoms with Crippen LogP contribution in [0.5, 0.6) is 11.5 Å². The van der Waals surface area contributed by atoms with Crippen LogP contribution in [0.25, 0.3) is 0 Å². The van der Waals surface area contributed by atoms with E-state index in [4.69, 9.17) is 9.84 Å². The average molecular weight is 365 g/mol. The first-order chi connectivity index (χ1) is 10.5. The van der Waals surface area contributed by atoms with Crippen molar-refractivity contribution in [2.75, 3.05) is 12.5 Å². The molecule has 0 radical (unpaired) electrons. The number of ether oxygens (including phenoxy) is 1. The predicted molar refractivity (Wildman–Crippen MR) is 87.0 cm³/mol. The maximum absolute atomic E-state index is 11.1. The monoisotopic (exact) mass is 364 g/mol. The van der Waals surface area contributed by atoms with Crippen molar-refractivity contribution in [1.82, 2.24) is 0 Å². The number of phenolic OH excluding ortho intramolecular Hbond substituents is 1. The van der Waals surface area contributed by atoms with Crippen LogP contribution in [-0.4, -0.2) is 29.5 Å². The number of phenols is 1. The van der Waals surface area contributed by atoms with Crippen LogP contribution >= 0.6 is 15.9 Å². The topological polar surface area (TPSA) is 91.2 Å². The number of carboxylic acids is 1. The van der Waals surface area contributed by atoms with Crippen LogP contribution in [0.2, 0.25) is 0 Å². The maximum Gasteiger partial charge on any atom is 0.337 e. The molecule has 0 bridgehead atoms. The van der Waals surface area contributed by atoms with Crippen molar-refractivity contribution >= 4 is 33.8 Å². The molecule has 22 heavy (non-hydrogen) atoms. The third-order valence-corrected chi connectivity index (χ3v) is 3.71. The Morgan fingerprint density at radius 1 is 1.32 bits per heavy atom. The highest BCUT2D eigenvalue weighted by molar-refractivity contribution is 9.10. The van der Waals surface area contributed by atoms with Crippen LogP contribution in [0.3, 0.4) is 0 Å². The van der Waals surface area contributed by atoms with E-state index in [-0.39, 0.29) is 11.3 Å². The highest BCUT2D eigenvalue weighted by Gasteiger charge is 2.10. The first-order valence-electron chi connectivity index (χ1n) is 6.21. The SMILES string of the molecule is COc1ccc(/C=N/Nc2ccccc2C(=O)O)c(Br)c1O. The van der Waals surface area contributed by atoms with Crippen LogP contribution in [-0.2, 0) is 0 Å². The molecule has 114 valence electrons. The molecule has 0 spiro atoms. The second kappa shape index (κ2) is 6.95. The van der Waals surface area contributed by atoms with Gasteiger partial charge in [0.1, 0.15) is 0 Å². The first kappa shape index (κ1) is 15.8. The molecular weight excluding hydrogens is 352 g/mol. The van der Waals surface area contributed by atoms with E-state index in [1.54, 1.807) is 30.3 Å². The van der Waals surface area contributed by atoms with E-state index in [9.17, 15) is 9.90 Å². The number of hydrogen-bond acceptors (Lipinski definition) is 5. The largest absolute Gasteiger partial charge is 0.503 e. The standard InChI is InChI=1S/C15H13BrN2O4/c1-22-12-7-6-9(13(16)14(12)19)8-17-18-11-5-3-2-4-10(11)15(20)21/h2-8,18-19H,1H3,(H,20,21)/b17-8+. The van der Waals surface area contributed by atoms with Gasteiger partial charge in [-0.15, -0.1) is 0 Å². The molecule has 0 fully saturated rings. The number of aromatic carboxylic acids is 1. The first-order valence-corrected chi connectivity index (χ1v) is 7.00. The van der Waals surface area contributed by atoms with E-state index in [0.29, 0.717) is 21.5 Å². The number of nitrogens with one attached hydrogen (secondary N) is 1. The molecule has 0 aliphatic carbocycles. The number of carboxylic acid groups (broad SMARTS) is 1. The molecule has 0 amide bonds. The van der Waals surface area contributed by atoms with Crippen LogP contribution in [0.1, 0.15) is 15.9 Å². The molecule has 0 saturated carbocycles. The van der Waals surface area contributed by atoms with Crippen LogP contribution in [0.4, 0.5) is 5.69 Å². The number of halogens is 1. The lowest BCUT2D eigenvalue weighted by atomic mass is 10.2. The zero-order valence-corrected chi connectivity index (χ0v) is 13.2. The van der Waals surface area contributed by atoms with Gasteiger partial charge in [0.05, 0.1) is 29.0 Å². The number of aromatic hydroxyl groups is 1. The van der Waals surface area contributed by atoms with E-state index < -0.39 is 5.97 Å². The van der Waals surface area contributed by atoms with E-state index in [0.717, 1.165) is 0 Å². The molecule has 2 aromatic rings. The highest BCUT2D eigenvalue weighted by atomic mass is 79.9. The van der Waals surface area contributed by atoms with Crippen molar-refractivity contribution < 1.29 is 19.7 Å². The summed E-state index contributed by atoms with van der Waals surface area (Å²) in [6.45, 7) is 0. The Labute approximate surface area is 135 Å². The van der Waals surface area contributed by atoms with Gasteiger partial charge in [-0.05, 0) is 40.2 Å². The molecule has 0 saturated heterocycles. The van der Waals surface area contributed by atoms with Crippen LogP contribution in [0.15, 0.2) is 46.0 Å². The molecule has 0 unspecified atom stereocenters. The number of para-hydroxylation sites is 1. The Morgan fingerprint density at radius 3 is 2.73 bits per heavy atom. The van der Waals surface area contributed by atoms with Gasteiger partial charge >= 0.3 is 5.97 Å². The summed E-state index contributed by atoms with van der Waals surface area (Å²) in [4.78, 5) is 11.1. The number of hydrogen-bond donors (Lipinski definition) is 3. The third-order valence-electron chi connectivity index (χ3n) is 2.88. The minimum absolute atomic E-state index is 0.0302. The summed E-state index contributed by atoms with van der Waals surface area (Å²) in [5, 5.41) is 22.9. The van der Waals surface area contributed by atoms with Gasteiger partial charge in [-0.3, -0.25) is 5.43 Å². The van der Waals surface area contributed by atoms with Crippen molar-refractivity contribution in [2.24, 2.45) is 5.10 Å². The van der Waals surface area contributed by atoms with Crippen molar-refractivity contribution in [3.8, 4) is 11.5 Å². The molecule has 2 rings (SSSR count). The van der Waals surface area contributed by atoms with Gasteiger partial charge < -0.3 is 14.9 Å². The van der Waals surface area contributed by atoms with Gasteiger partial charge in [-0.1, -0.05) is 12.1 Å². The molecule has 0 aromatic heterocycles. The summed E-state index contributed by atoms with van der Waals surface area (Å²) < 4.78 is 5.43. The number of nitrogens with zero attached hydrogens (tertiary/aromatic N) is 1. The molecule has 3 N–H and O–H groups in total. The van der Waals surface area contributed by atoms with E-state index in [1.807, 2.05) is 0 Å². The molecular formula is C15H13BrN2O4. The van der Waals surface area contributed by atoms with Crippen molar-refractivity contribution in [1.29, 1.82) is 0 Å². The Hall–Kier alpha value is -2.54. The number of rotatable bonds is 5. The molecule has 2 aromatic carbocycles. The summed E-state index contributed by atoms with van der Waals surface area (Å²) in [6, 6.07) is 9.75. The van der Waals surface area contributed by atoms with Crippen LogP contribution in [0, 0.1) is 0 Å². The van der Waals surface area contributed by atoms with Crippen LogP contribution < -0.4 is 10.2 Å². The van der Waals surface area contributed by atoms with Gasteiger partial charge in [0.2, 0.25) is 0 Å². The third kappa shape index (κ3) is 3.37. The zero-order chi connectivity index (χ0) is 16.1. The molecule has 6 nitrogen and oxygen atoms in total. The highest BCUT2D eigenvalue weighted by Crippen LogP contribution is 2.35. The summed E-state index contributed by atoms with van der Waals surface area (Å²) >= 11 is 3.25. The minimum atomic E-state index is -1.04. The fraction of sp³-hybridized carbons (Fsp3) is 0.0667. The second-order valence-electron chi connectivity index (χ2n) is 4.24. The summed E-state index contributed by atoms with van der Waals surface area (Å²) in [6.07, 6.45) is 1.46. The summed E-state index contributed by atoms with van der Waals surface area (Å²) in [5.41, 5.74) is 3.78. The number of benzene rings is 2. The second-order valence-corrected chi connectivity index (χ2v) is 5.03. The fourth-order valence-electron chi connectivity index (χ4n) is 1.77. The van der Waals surface area contributed by atoms with Crippen molar-refractivity contribution in [2.45, 2.75) is 0 Å². The van der Waals surface area contributed by atoms with E-state index in [1.165, 1.54) is 19.4 Å². The van der Waals surface area contributed by atoms with E-state index in [2.05, 4.69) is 26.5 Å². The molecule has 0 heterocycles. The number of hydrazone groups is 1. The fourth-order valence-corrected chi connectivity index (χ4v) is 2.20. The van der Waals surface area contributed by atoms with Crippen molar-refractivity contribution in [3.63, 3.8) is 0 Å². The van der Waals surface area contributed by atoms with Crippen molar-refractivity contribution in [3.05, 3.63) is 52.0 Å². The lowest BCUT2D eigenvalue weighted by Gasteiger charge is -2.07. The zero-order valence-electron chi connectivity index (χ0n) is 11.6. The molecule has 0 atom stereocenters.